The number of methoxy groups -OCH3 is 3. The van der Waals surface area contributed by atoms with Crippen LogP contribution in [0.15, 0.2) is 41.4 Å². The van der Waals surface area contributed by atoms with Crippen LogP contribution in [0.2, 0.25) is 0 Å². The van der Waals surface area contributed by atoms with E-state index in [0.29, 0.717) is 37.8 Å². The summed E-state index contributed by atoms with van der Waals surface area (Å²) >= 11 is 0. The molecule has 2 aromatic carbocycles. The summed E-state index contributed by atoms with van der Waals surface area (Å²) in [6.07, 6.45) is 0. The lowest BCUT2D eigenvalue weighted by molar-refractivity contribution is 0.145. The Balaban J connectivity index is 0.00000480. The summed E-state index contributed by atoms with van der Waals surface area (Å²) in [6, 6.07) is 12.0. The highest BCUT2D eigenvalue weighted by Gasteiger charge is 2.07. The molecular weight excluding hydrogens is 509 g/mol. The number of nitrogens with zero attached hydrogens (tertiary/aromatic N) is 1. The minimum atomic E-state index is 0. The smallest absolute Gasteiger partial charge is 0.191 e. The Morgan fingerprint density at radius 2 is 1.68 bits per heavy atom. The summed E-state index contributed by atoms with van der Waals surface area (Å²) in [5.74, 6) is 2.99. The number of aryl methyl sites for hydroxylation is 1. The molecule has 0 saturated heterocycles. The zero-order chi connectivity index (χ0) is 21.8. The first-order valence-electron chi connectivity index (χ1n) is 10.1. The number of rotatable bonds is 11. The van der Waals surface area contributed by atoms with E-state index in [9.17, 15) is 0 Å². The van der Waals surface area contributed by atoms with Crippen LogP contribution < -0.4 is 24.8 Å². The van der Waals surface area contributed by atoms with Gasteiger partial charge >= 0.3 is 0 Å². The van der Waals surface area contributed by atoms with E-state index in [1.165, 1.54) is 0 Å². The number of ether oxygens (including phenoxy) is 4. The first-order valence-corrected chi connectivity index (χ1v) is 10.1. The largest absolute Gasteiger partial charge is 0.493 e. The molecule has 0 atom stereocenters. The topological polar surface area (TPSA) is 73.3 Å². The third-order valence-electron chi connectivity index (χ3n) is 4.43. The molecule has 0 aliphatic carbocycles. The van der Waals surface area contributed by atoms with Crippen LogP contribution in [0.1, 0.15) is 23.6 Å². The summed E-state index contributed by atoms with van der Waals surface area (Å²) in [4.78, 5) is 4.69. The molecule has 0 spiro atoms. The van der Waals surface area contributed by atoms with E-state index in [4.69, 9.17) is 18.9 Å². The van der Waals surface area contributed by atoms with E-state index in [1.54, 1.807) is 21.3 Å². The van der Waals surface area contributed by atoms with Gasteiger partial charge in [0.2, 0.25) is 0 Å². The van der Waals surface area contributed by atoms with Crippen molar-refractivity contribution in [2.75, 3.05) is 41.1 Å². The summed E-state index contributed by atoms with van der Waals surface area (Å²) in [5.41, 5.74) is 3.25. The van der Waals surface area contributed by atoms with Crippen molar-refractivity contribution in [1.29, 1.82) is 0 Å². The van der Waals surface area contributed by atoms with Gasteiger partial charge in [0.15, 0.2) is 17.5 Å². The highest BCUT2D eigenvalue weighted by atomic mass is 127. The predicted molar refractivity (Wildman–Crippen MR) is 135 cm³/mol. The maximum absolute atomic E-state index is 5.88. The average Bonchev–Trinajstić information content (AvgIpc) is 2.76. The number of benzene rings is 2. The molecule has 2 N–H and O–H groups in total. The zero-order valence-corrected chi connectivity index (χ0v) is 21.3. The fourth-order valence-electron chi connectivity index (χ4n) is 2.85. The Morgan fingerprint density at radius 1 is 0.903 bits per heavy atom. The number of halogens is 1. The van der Waals surface area contributed by atoms with Crippen molar-refractivity contribution >= 4 is 29.9 Å². The molecule has 0 bridgehead atoms. The van der Waals surface area contributed by atoms with Crippen LogP contribution in [0, 0.1) is 6.92 Å². The highest BCUT2D eigenvalue weighted by molar-refractivity contribution is 14.0. The normalized spacial score (nSPS) is 10.8. The Kier molecular flexibility index (Phi) is 12.8. The van der Waals surface area contributed by atoms with E-state index in [2.05, 4.69) is 34.7 Å². The molecule has 0 radical (unpaired) electrons. The molecule has 8 heteroatoms. The maximum Gasteiger partial charge on any atom is 0.191 e. The van der Waals surface area contributed by atoms with E-state index >= 15 is 0 Å². The molecule has 0 fully saturated rings. The third-order valence-corrected chi connectivity index (χ3v) is 4.43. The lowest BCUT2D eigenvalue weighted by atomic mass is 10.1. The Hall–Kier alpha value is -2.20. The van der Waals surface area contributed by atoms with Crippen LogP contribution in [-0.2, 0) is 17.8 Å². The van der Waals surface area contributed by atoms with Gasteiger partial charge in [0.25, 0.3) is 0 Å². The molecule has 7 nitrogen and oxygen atoms in total. The van der Waals surface area contributed by atoms with Crippen LogP contribution in [0.4, 0.5) is 0 Å². The average molecular weight is 543 g/mol. The van der Waals surface area contributed by atoms with Crippen molar-refractivity contribution in [2.24, 2.45) is 4.99 Å². The quantitative estimate of drug-likeness (QED) is 0.194. The molecule has 0 unspecified atom stereocenters. The van der Waals surface area contributed by atoms with E-state index in [-0.39, 0.29) is 24.0 Å². The molecule has 172 valence electrons. The predicted octanol–water partition coefficient (Wildman–Crippen LogP) is 3.91. The molecule has 0 aliphatic rings. The molecule has 0 aromatic heterocycles. The second-order valence-electron chi connectivity index (χ2n) is 6.69. The van der Waals surface area contributed by atoms with Crippen LogP contribution in [-0.4, -0.2) is 47.0 Å². The molecular formula is C23H34IN3O4. The maximum atomic E-state index is 5.88. The lowest BCUT2D eigenvalue weighted by Crippen LogP contribution is -2.36. The number of hydrogen-bond acceptors (Lipinski definition) is 5. The summed E-state index contributed by atoms with van der Waals surface area (Å²) in [6.45, 7) is 7.04. The SMILES string of the molecule is CCNC(=NCc1ccc(OC)c(OC)c1)NCc1ccc(C)cc1OCCOC.I. The lowest BCUT2D eigenvalue weighted by Gasteiger charge is -2.15. The van der Waals surface area contributed by atoms with Crippen LogP contribution in [0.25, 0.3) is 0 Å². The van der Waals surface area contributed by atoms with Crippen molar-refractivity contribution in [3.05, 3.63) is 53.1 Å². The van der Waals surface area contributed by atoms with Gasteiger partial charge in [-0.15, -0.1) is 24.0 Å². The molecule has 0 amide bonds. The molecule has 0 heterocycles. The van der Waals surface area contributed by atoms with Gasteiger partial charge in [-0.2, -0.15) is 0 Å². The van der Waals surface area contributed by atoms with Crippen LogP contribution in [0.5, 0.6) is 17.2 Å². The monoisotopic (exact) mass is 543 g/mol. The van der Waals surface area contributed by atoms with Crippen molar-refractivity contribution in [1.82, 2.24) is 10.6 Å². The summed E-state index contributed by atoms with van der Waals surface area (Å²) in [7, 11) is 4.92. The van der Waals surface area contributed by atoms with E-state index < -0.39 is 0 Å². The molecule has 0 saturated carbocycles. The van der Waals surface area contributed by atoms with Gasteiger partial charge in [-0.1, -0.05) is 18.2 Å². The van der Waals surface area contributed by atoms with Gasteiger partial charge in [0, 0.05) is 25.8 Å². The summed E-state index contributed by atoms with van der Waals surface area (Å²) in [5, 5.41) is 6.66. The second-order valence-corrected chi connectivity index (χ2v) is 6.69. The van der Waals surface area contributed by atoms with Crippen LogP contribution in [0.3, 0.4) is 0 Å². The van der Waals surface area contributed by atoms with Crippen molar-refractivity contribution < 1.29 is 18.9 Å². The van der Waals surface area contributed by atoms with Gasteiger partial charge in [0.05, 0.1) is 27.4 Å². The third kappa shape index (κ3) is 8.82. The summed E-state index contributed by atoms with van der Waals surface area (Å²) < 4.78 is 21.6. The Labute approximate surface area is 202 Å². The highest BCUT2D eigenvalue weighted by Crippen LogP contribution is 2.27. The fraction of sp³-hybridized carbons (Fsp3) is 0.435. The molecule has 2 aromatic rings. The van der Waals surface area contributed by atoms with Gasteiger partial charge in [-0.05, 0) is 43.2 Å². The number of aliphatic imine (C=N–C) groups is 1. The van der Waals surface area contributed by atoms with Crippen molar-refractivity contribution in [3.8, 4) is 17.2 Å². The van der Waals surface area contributed by atoms with Crippen LogP contribution >= 0.6 is 24.0 Å². The molecule has 0 aliphatic heterocycles. The number of hydrogen-bond donors (Lipinski definition) is 2. The standard InChI is InChI=1S/C23H33N3O4.HI/c1-6-24-23(25-15-18-8-10-20(28-4)22(14-18)29-5)26-16-19-9-7-17(2)13-21(19)30-12-11-27-3;/h7-10,13-14H,6,11-12,15-16H2,1-5H3,(H2,24,25,26);1H. The first kappa shape index (κ1) is 26.8. The number of guanidine groups is 1. The molecule has 2 rings (SSSR count). The Bertz CT molecular complexity index is 830. The molecule has 31 heavy (non-hydrogen) atoms. The van der Waals surface area contributed by atoms with Crippen molar-refractivity contribution in [2.45, 2.75) is 26.9 Å². The minimum absolute atomic E-state index is 0. The first-order chi connectivity index (χ1) is 14.6. The van der Waals surface area contributed by atoms with Gasteiger partial charge in [0.1, 0.15) is 12.4 Å². The second kappa shape index (κ2) is 14.7. The van der Waals surface area contributed by atoms with Gasteiger partial charge < -0.3 is 29.6 Å². The van der Waals surface area contributed by atoms with Gasteiger partial charge in [-0.3, -0.25) is 0 Å². The minimum Gasteiger partial charge on any atom is -0.493 e. The van der Waals surface area contributed by atoms with E-state index in [0.717, 1.165) is 34.9 Å². The van der Waals surface area contributed by atoms with Crippen molar-refractivity contribution in [3.63, 3.8) is 0 Å². The number of nitrogens with one attached hydrogen (secondary N) is 2. The Morgan fingerprint density at radius 3 is 2.35 bits per heavy atom. The van der Waals surface area contributed by atoms with Gasteiger partial charge in [-0.25, -0.2) is 4.99 Å². The van der Waals surface area contributed by atoms with E-state index in [1.807, 2.05) is 31.2 Å². The zero-order valence-electron chi connectivity index (χ0n) is 19.0. The fourth-order valence-corrected chi connectivity index (χ4v) is 2.85.